The second kappa shape index (κ2) is 8.28. The summed E-state index contributed by atoms with van der Waals surface area (Å²) in [7, 11) is 1.52. The van der Waals surface area contributed by atoms with Crippen molar-refractivity contribution in [3.05, 3.63) is 85.8 Å². The average Bonchev–Trinajstić information content (AvgIpc) is 3.28. The van der Waals surface area contributed by atoms with Crippen LogP contribution in [0.1, 0.15) is 22.0 Å². The van der Waals surface area contributed by atoms with E-state index in [0.717, 1.165) is 10.4 Å². The molecule has 0 radical (unpaired) electrons. The molecule has 4 rings (SSSR count). The first-order valence-electron chi connectivity index (χ1n) is 9.28. The molecule has 0 spiro atoms. The number of methoxy groups -OCH3 is 1. The third kappa shape index (κ3) is 3.66. The lowest BCUT2D eigenvalue weighted by Crippen LogP contribution is -2.29. The van der Waals surface area contributed by atoms with Crippen molar-refractivity contribution >= 4 is 50.4 Å². The molecular weight excluding hydrogens is 485 g/mol. The molecule has 1 aromatic heterocycles. The monoisotopic (exact) mass is 501 g/mol. The van der Waals surface area contributed by atoms with Gasteiger partial charge in [-0.15, -0.1) is 11.3 Å². The fraction of sp³-hybridized carbons (Fsp3) is 0.130. The fourth-order valence-corrected chi connectivity index (χ4v) is 5.17. The van der Waals surface area contributed by atoms with Crippen LogP contribution >= 0.6 is 27.3 Å². The Labute approximate surface area is 190 Å². The molecule has 1 amide bonds. The highest BCUT2D eigenvalue weighted by atomic mass is 79.9. The number of ketones is 1. The molecule has 1 N–H and O–H groups in total. The minimum atomic E-state index is -0.873. The van der Waals surface area contributed by atoms with Gasteiger partial charge in [0.15, 0.2) is 0 Å². The highest BCUT2D eigenvalue weighted by Crippen LogP contribution is 2.45. The number of aliphatic hydroxyl groups is 1. The number of aryl methyl sites for hydroxylation is 1. The van der Waals surface area contributed by atoms with Crippen LogP contribution < -0.4 is 9.64 Å². The smallest absolute Gasteiger partial charge is 0.300 e. The van der Waals surface area contributed by atoms with Gasteiger partial charge in [-0.05, 0) is 76.3 Å². The normalized spacial score (nSPS) is 17.9. The van der Waals surface area contributed by atoms with Gasteiger partial charge in [0.25, 0.3) is 11.7 Å². The second-order valence-electron chi connectivity index (χ2n) is 6.97. The number of aliphatic hydroxyl groups excluding tert-OH is 1. The standard InChI is InChI=1S/C23H17BrFNO4S/c1-12-8-9-31-22(12)19-18(20(27)13-6-7-17(30-2)16(24)10-13)21(28)23(29)26(19)15-5-3-4-14(25)11-15/h3-11,19,27H,1-2H3/b20-18-. The minimum Gasteiger partial charge on any atom is -0.507 e. The predicted molar refractivity (Wildman–Crippen MR) is 121 cm³/mol. The first kappa shape index (κ1) is 21.3. The fourth-order valence-electron chi connectivity index (χ4n) is 3.61. The molecule has 31 heavy (non-hydrogen) atoms. The summed E-state index contributed by atoms with van der Waals surface area (Å²) in [6.07, 6.45) is 0. The van der Waals surface area contributed by atoms with Crippen LogP contribution in [-0.4, -0.2) is 23.9 Å². The number of Topliss-reactive ketones (excluding diaryl/α,β-unsaturated/α-hetero) is 1. The van der Waals surface area contributed by atoms with Crippen molar-refractivity contribution in [2.24, 2.45) is 0 Å². The van der Waals surface area contributed by atoms with Crippen molar-refractivity contribution in [3.63, 3.8) is 0 Å². The molecule has 2 aromatic carbocycles. The minimum absolute atomic E-state index is 0.0446. The SMILES string of the molecule is COc1ccc(/C(O)=C2/C(=O)C(=O)N(c3cccc(F)c3)C2c2sccc2C)cc1Br. The van der Waals surface area contributed by atoms with Gasteiger partial charge >= 0.3 is 0 Å². The van der Waals surface area contributed by atoms with Gasteiger partial charge in [0, 0.05) is 16.1 Å². The zero-order valence-electron chi connectivity index (χ0n) is 16.6. The van der Waals surface area contributed by atoms with Crippen LogP contribution in [0, 0.1) is 12.7 Å². The summed E-state index contributed by atoms with van der Waals surface area (Å²) in [4.78, 5) is 28.1. The molecule has 1 aliphatic heterocycles. The van der Waals surface area contributed by atoms with Gasteiger partial charge in [0.2, 0.25) is 0 Å². The Kier molecular flexibility index (Phi) is 5.68. The number of carbonyl (C=O) groups excluding carboxylic acids is 2. The highest BCUT2D eigenvalue weighted by Gasteiger charge is 2.48. The summed E-state index contributed by atoms with van der Waals surface area (Å²) in [6, 6.07) is 11.4. The van der Waals surface area contributed by atoms with Crippen molar-refractivity contribution in [2.75, 3.05) is 12.0 Å². The van der Waals surface area contributed by atoms with E-state index >= 15 is 0 Å². The van der Waals surface area contributed by atoms with E-state index in [1.165, 1.54) is 41.5 Å². The molecule has 0 saturated carbocycles. The second-order valence-corrected chi connectivity index (χ2v) is 8.77. The van der Waals surface area contributed by atoms with Gasteiger partial charge in [-0.25, -0.2) is 4.39 Å². The van der Waals surface area contributed by atoms with E-state index in [9.17, 15) is 19.1 Å². The third-order valence-electron chi connectivity index (χ3n) is 5.11. The summed E-state index contributed by atoms with van der Waals surface area (Å²) in [6.45, 7) is 1.86. The van der Waals surface area contributed by atoms with Crippen molar-refractivity contribution in [3.8, 4) is 5.75 Å². The first-order chi connectivity index (χ1) is 14.8. The number of benzene rings is 2. The number of hydrogen-bond donors (Lipinski definition) is 1. The molecule has 0 aliphatic carbocycles. The molecular formula is C23H17BrFNO4S. The van der Waals surface area contributed by atoms with Gasteiger partial charge < -0.3 is 9.84 Å². The van der Waals surface area contributed by atoms with Crippen LogP contribution in [0.5, 0.6) is 5.75 Å². The van der Waals surface area contributed by atoms with Crippen molar-refractivity contribution in [1.29, 1.82) is 0 Å². The Balaban J connectivity index is 1.95. The van der Waals surface area contributed by atoms with Crippen LogP contribution in [0.2, 0.25) is 0 Å². The number of nitrogens with zero attached hydrogens (tertiary/aromatic N) is 1. The maximum atomic E-state index is 13.9. The average molecular weight is 502 g/mol. The van der Waals surface area contributed by atoms with E-state index in [1.54, 1.807) is 24.3 Å². The van der Waals surface area contributed by atoms with Gasteiger partial charge in [0.1, 0.15) is 23.4 Å². The number of thiophene rings is 1. The molecule has 3 aromatic rings. The molecule has 0 bridgehead atoms. The first-order valence-corrected chi connectivity index (χ1v) is 10.9. The Bertz CT molecular complexity index is 1240. The van der Waals surface area contributed by atoms with E-state index in [-0.39, 0.29) is 17.0 Å². The van der Waals surface area contributed by atoms with Crippen molar-refractivity contribution in [2.45, 2.75) is 13.0 Å². The molecule has 1 fully saturated rings. The van der Waals surface area contributed by atoms with Crippen LogP contribution in [0.3, 0.4) is 0 Å². The number of amides is 1. The lowest BCUT2D eigenvalue weighted by molar-refractivity contribution is -0.132. The van der Waals surface area contributed by atoms with Gasteiger partial charge in [-0.2, -0.15) is 0 Å². The predicted octanol–water partition coefficient (Wildman–Crippen LogP) is 5.59. The molecule has 1 aliphatic rings. The van der Waals surface area contributed by atoms with Gasteiger partial charge in [-0.1, -0.05) is 6.07 Å². The van der Waals surface area contributed by atoms with E-state index in [2.05, 4.69) is 15.9 Å². The molecule has 2 heterocycles. The summed E-state index contributed by atoms with van der Waals surface area (Å²) in [5, 5.41) is 13.0. The number of ether oxygens (including phenoxy) is 1. The molecule has 1 saturated heterocycles. The summed E-state index contributed by atoms with van der Waals surface area (Å²) in [5.74, 6) is -1.93. The molecule has 5 nitrogen and oxygen atoms in total. The number of halogens is 2. The quantitative estimate of drug-likeness (QED) is 0.287. The van der Waals surface area contributed by atoms with Gasteiger partial charge in [0.05, 0.1) is 17.2 Å². The van der Waals surface area contributed by atoms with Crippen LogP contribution in [0.15, 0.2) is 64.0 Å². The number of hydrogen-bond acceptors (Lipinski definition) is 5. The molecule has 158 valence electrons. The number of anilines is 1. The lowest BCUT2D eigenvalue weighted by Gasteiger charge is -2.25. The van der Waals surface area contributed by atoms with E-state index in [0.29, 0.717) is 15.8 Å². The van der Waals surface area contributed by atoms with E-state index in [4.69, 9.17) is 4.74 Å². The Morgan fingerprint density at radius 3 is 2.58 bits per heavy atom. The van der Waals surface area contributed by atoms with Crippen LogP contribution in [0.25, 0.3) is 5.76 Å². The summed E-state index contributed by atoms with van der Waals surface area (Å²) in [5.41, 5.74) is 1.41. The van der Waals surface area contributed by atoms with Crippen LogP contribution in [-0.2, 0) is 9.59 Å². The highest BCUT2D eigenvalue weighted by molar-refractivity contribution is 9.10. The lowest BCUT2D eigenvalue weighted by atomic mass is 9.98. The zero-order chi connectivity index (χ0) is 22.3. The Morgan fingerprint density at radius 2 is 1.97 bits per heavy atom. The van der Waals surface area contributed by atoms with E-state index < -0.39 is 23.5 Å². The number of rotatable bonds is 4. The Hall–Kier alpha value is -2.97. The summed E-state index contributed by atoms with van der Waals surface area (Å²) >= 11 is 4.74. The van der Waals surface area contributed by atoms with E-state index in [1.807, 2.05) is 18.4 Å². The maximum absolute atomic E-state index is 13.9. The maximum Gasteiger partial charge on any atom is 0.300 e. The molecule has 8 heteroatoms. The number of carbonyl (C=O) groups is 2. The zero-order valence-corrected chi connectivity index (χ0v) is 19.0. The van der Waals surface area contributed by atoms with Gasteiger partial charge in [-0.3, -0.25) is 14.5 Å². The van der Waals surface area contributed by atoms with Crippen molar-refractivity contribution < 1.29 is 23.8 Å². The third-order valence-corrected chi connectivity index (χ3v) is 6.80. The Morgan fingerprint density at radius 1 is 1.19 bits per heavy atom. The van der Waals surface area contributed by atoms with Crippen LogP contribution in [0.4, 0.5) is 10.1 Å². The van der Waals surface area contributed by atoms with Crippen molar-refractivity contribution in [1.82, 2.24) is 0 Å². The molecule has 1 atom stereocenters. The largest absolute Gasteiger partial charge is 0.507 e. The topological polar surface area (TPSA) is 66.8 Å². The molecule has 1 unspecified atom stereocenters. The summed E-state index contributed by atoms with van der Waals surface area (Å²) < 4.78 is 19.7.